The van der Waals surface area contributed by atoms with Crippen LogP contribution in [0.25, 0.3) is 10.9 Å². The largest absolute Gasteiger partial charge is 0.593 e. The molecule has 0 fully saturated rings. The van der Waals surface area contributed by atoms with Crippen molar-refractivity contribution in [3.05, 3.63) is 66.4 Å². The predicted octanol–water partition coefficient (Wildman–Crippen LogP) is 3.09. The summed E-state index contributed by atoms with van der Waals surface area (Å²) in [6, 6.07) is 17.7. The number of para-hydroxylation sites is 2. The maximum Gasteiger partial charge on any atom is 0.196 e. The van der Waals surface area contributed by atoms with E-state index in [2.05, 4.69) is 33.2 Å². The molecule has 3 rings (SSSR count). The van der Waals surface area contributed by atoms with Crippen molar-refractivity contribution in [2.75, 3.05) is 12.4 Å². The minimum absolute atomic E-state index is 0.631. The fraction of sp³-hybridized carbons (Fsp3) is 0.118. The molecule has 0 saturated heterocycles. The zero-order valence-corrected chi connectivity index (χ0v) is 13.1. The molecule has 0 spiro atoms. The monoisotopic (exact) mass is 311 g/mol. The van der Waals surface area contributed by atoms with Gasteiger partial charge in [-0.05, 0) is 23.8 Å². The number of nitrogens with one attached hydrogen (secondary N) is 2. The molecule has 1 atom stereocenters. The number of hydrogen-bond donors (Lipinski definition) is 2. The Bertz CT molecular complexity index is 773. The van der Waals surface area contributed by atoms with Crippen LogP contribution >= 0.6 is 0 Å². The highest BCUT2D eigenvalue weighted by Gasteiger charge is 2.14. The van der Waals surface area contributed by atoms with E-state index in [-0.39, 0.29) is 0 Å². The second-order valence-electron chi connectivity index (χ2n) is 4.81. The summed E-state index contributed by atoms with van der Waals surface area (Å²) in [5.41, 5.74) is 2.97. The summed E-state index contributed by atoms with van der Waals surface area (Å²) in [4.78, 5) is 5.20. The van der Waals surface area contributed by atoms with Crippen molar-refractivity contribution in [2.24, 2.45) is 0 Å². The Morgan fingerprint density at radius 3 is 2.73 bits per heavy atom. The van der Waals surface area contributed by atoms with E-state index in [4.69, 9.17) is 0 Å². The van der Waals surface area contributed by atoms with E-state index in [9.17, 15) is 4.55 Å². The fourth-order valence-corrected chi connectivity index (χ4v) is 3.15. The number of nitrogens with zero attached hydrogens (tertiary/aromatic N) is 1. The third-order valence-electron chi connectivity index (χ3n) is 3.46. The zero-order valence-electron chi connectivity index (χ0n) is 12.2. The molecule has 0 amide bonds. The molecule has 1 unspecified atom stereocenters. The molecule has 3 aromatic rings. The Morgan fingerprint density at radius 1 is 1.05 bits per heavy atom. The van der Waals surface area contributed by atoms with Crippen LogP contribution in [0.3, 0.4) is 0 Å². The maximum absolute atomic E-state index is 12.0. The first-order valence-corrected chi connectivity index (χ1v) is 8.19. The number of pyridine rings is 1. The second kappa shape index (κ2) is 6.79. The van der Waals surface area contributed by atoms with Crippen molar-refractivity contribution in [3.63, 3.8) is 0 Å². The average molecular weight is 311 g/mol. The molecular formula is C17H17N3OS. The van der Waals surface area contributed by atoms with Gasteiger partial charge in [-0.15, -0.1) is 4.72 Å². The number of rotatable bonds is 5. The van der Waals surface area contributed by atoms with Gasteiger partial charge in [0.25, 0.3) is 0 Å². The first kappa shape index (κ1) is 14.8. The summed E-state index contributed by atoms with van der Waals surface area (Å²) in [6.45, 7) is 0.631. The minimum Gasteiger partial charge on any atom is -0.593 e. The van der Waals surface area contributed by atoms with Gasteiger partial charge in [0.15, 0.2) is 4.90 Å². The molecule has 1 heterocycles. The zero-order chi connectivity index (χ0) is 15.4. The Morgan fingerprint density at radius 2 is 1.86 bits per heavy atom. The summed E-state index contributed by atoms with van der Waals surface area (Å²) in [5, 5.41) is 4.48. The molecule has 5 heteroatoms. The van der Waals surface area contributed by atoms with Crippen LogP contribution in [-0.4, -0.2) is 16.6 Å². The van der Waals surface area contributed by atoms with Crippen LogP contribution in [0.1, 0.15) is 5.56 Å². The smallest absolute Gasteiger partial charge is 0.196 e. The normalized spacial score (nSPS) is 12.3. The van der Waals surface area contributed by atoms with Crippen LogP contribution in [-0.2, 0) is 17.9 Å². The lowest BCUT2D eigenvalue weighted by Crippen LogP contribution is -2.20. The van der Waals surface area contributed by atoms with Gasteiger partial charge in [0.05, 0.1) is 22.6 Å². The van der Waals surface area contributed by atoms with Crippen LogP contribution in [0, 0.1) is 0 Å². The van der Waals surface area contributed by atoms with Crippen molar-refractivity contribution in [3.8, 4) is 0 Å². The van der Waals surface area contributed by atoms with E-state index in [1.807, 2.05) is 36.4 Å². The van der Waals surface area contributed by atoms with Gasteiger partial charge in [-0.1, -0.05) is 36.4 Å². The van der Waals surface area contributed by atoms with E-state index in [1.54, 1.807) is 13.2 Å². The number of anilines is 1. The van der Waals surface area contributed by atoms with Crippen LogP contribution in [0.5, 0.6) is 0 Å². The first-order valence-electron chi connectivity index (χ1n) is 7.04. The van der Waals surface area contributed by atoms with E-state index in [0.29, 0.717) is 6.54 Å². The van der Waals surface area contributed by atoms with Crippen molar-refractivity contribution >= 4 is 28.0 Å². The standard InChI is InChI=1S/C17H17N3OS/c1-18-22(21)16-10-3-2-9-15(16)20-12-14-7-4-6-13-8-5-11-19-17(13)14/h2-11,18,20H,12H2,1H3. The van der Waals surface area contributed by atoms with E-state index in [0.717, 1.165) is 27.0 Å². The van der Waals surface area contributed by atoms with E-state index < -0.39 is 11.4 Å². The highest BCUT2D eigenvalue weighted by Crippen LogP contribution is 2.22. The molecule has 4 nitrogen and oxygen atoms in total. The SMILES string of the molecule is CN[S+]([O-])c1ccccc1NCc1cccc2cccnc12. The maximum atomic E-state index is 12.0. The quantitative estimate of drug-likeness (QED) is 0.711. The van der Waals surface area contributed by atoms with Gasteiger partial charge in [-0.25, -0.2) is 0 Å². The molecule has 0 saturated carbocycles. The Kier molecular flexibility index (Phi) is 4.58. The van der Waals surface area contributed by atoms with Crippen LogP contribution in [0.15, 0.2) is 65.7 Å². The molecule has 112 valence electrons. The summed E-state index contributed by atoms with van der Waals surface area (Å²) in [6.07, 6.45) is 1.80. The van der Waals surface area contributed by atoms with Crippen molar-refractivity contribution in [2.45, 2.75) is 11.4 Å². The highest BCUT2D eigenvalue weighted by molar-refractivity contribution is 7.89. The highest BCUT2D eigenvalue weighted by atomic mass is 32.2. The average Bonchev–Trinajstić information content (AvgIpc) is 2.59. The van der Waals surface area contributed by atoms with Gasteiger partial charge in [0.1, 0.15) is 0 Å². The minimum atomic E-state index is -1.22. The van der Waals surface area contributed by atoms with Gasteiger partial charge in [-0.3, -0.25) is 4.98 Å². The van der Waals surface area contributed by atoms with Gasteiger partial charge in [0.2, 0.25) is 0 Å². The fourth-order valence-electron chi connectivity index (χ4n) is 2.38. The number of fused-ring (bicyclic) bond motifs is 1. The van der Waals surface area contributed by atoms with E-state index in [1.165, 1.54) is 0 Å². The summed E-state index contributed by atoms with van der Waals surface area (Å²) >= 11 is -1.22. The third-order valence-corrected chi connectivity index (χ3v) is 4.58. The Balaban J connectivity index is 1.86. The van der Waals surface area contributed by atoms with Crippen molar-refractivity contribution < 1.29 is 4.55 Å². The molecule has 22 heavy (non-hydrogen) atoms. The molecule has 0 aliphatic carbocycles. The van der Waals surface area contributed by atoms with E-state index >= 15 is 0 Å². The summed E-state index contributed by atoms with van der Waals surface area (Å²) in [7, 11) is 1.68. The van der Waals surface area contributed by atoms with Crippen LogP contribution < -0.4 is 10.0 Å². The molecular weight excluding hydrogens is 294 g/mol. The molecule has 2 N–H and O–H groups in total. The molecule has 0 aliphatic rings. The summed E-state index contributed by atoms with van der Waals surface area (Å²) in [5.74, 6) is 0. The van der Waals surface area contributed by atoms with Crippen molar-refractivity contribution in [1.82, 2.24) is 9.71 Å². The lowest BCUT2D eigenvalue weighted by atomic mass is 10.1. The lowest BCUT2D eigenvalue weighted by molar-refractivity contribution is 0.587. The molecule has 0 radical (unpaired) electrons. The van der Waals surface area contributed by atoms with Gasteiger partial charge in [0, 0.05) is 25.2 Å². The second-order valence-corrected chi connectivity index (χ2v) is 6.20. The lowest BCUT2D eigenvalue weighted by Gasteiger charge is -2.14. The van der Waals surface area contributed by atoms with Gasteiger partial charge >= 0.3 is 0 Å². The van der Waals surface area contributed by atoms with Crippen molar-refractivity contribution in [1.29, 1.82) is 0 Å². The molecule has 0 bridgehead atoms. The summed E-state index contributed by atoms with van der Waals surface area (Å²) < 4.78 is 14.8. The topological polar surface area (TPSA) is 60.0 Å². The molecule has 2 aromatic carbocycles. The predicted molar refractivity (Wildman–Crippen MR) is 91.0 cm³/mol. The van der Waals surface area contributed by atoms with Crippen LogP contribution in [0.4, 0.5) is 5.69 Å². The Labute approximate surface area is 132 Å². The number of aromatic nitrogens is 1. The molecule has 0 aliphatic heterocycles. The van der Waals surface area contributed by atoms with Gasteiger partial charge < -0.3 is 9.87 Å². The Hall–Kier alpha value is -2.08. The van der Waals surface area contributed by atoms with Crippen LogP contribution in [0.2, 0.25) is 0 Å². The molecule has 1 aromatic heterocycles. The number of hydrogen-bond acceptors (Lipinski definition) is 4. The first-order chi connectivity index (χ1) is 10.8. The number of benzene rings is 2. The third kappa shape index (κ3) is 3.06. The van der Waals surface area contributed by atoms with Gasteiger partial charge in [-0.2, -0.15) is 0 Å².